The van der Waals surface area contributed by atoms with E-state index in [9.17, 15) is 22.0 Å². The van der Waals surface area contributed by atoms with Gasteiger partial charge in [0.25, 0.3) is 0 Å². The van der Waals surface area contributed by atoms with Crippen molar-refractivity contribution >= 4 is 0 Å². The fourth-order valence-electron chi connectivity index (χ4n) is 2.46. The van der Waals surface area contributed by atoms with E-state index in [1.807, 2.05) is 0 Å². The SMILES string of the molecule is CC(C)(c1cccc(-c2ccc(F)nc2F)n1)c1cc(C(F)(F)F)n[nH]1. The predicted molar refractivity (Wildman–Crippen MR) is 83.1 cm³/mol. The molecule has 3 aromatic rings. The maximum atomic E-state index is 13.9. The highest BCUT2D eigenvalue weighted by molar-refractivity contribution is 5.59. The molecule has 0 aliphatic heterocycles. The summed E-state index contributed by atoms with van der Waals surface area (Å²) in [4.78, 5) is 7.44. The Labute approximate surface area is 145 Å². The van der Waals surface area contributed by atoms with Crippen molar-refractivity contribution < 1.29 is 22.0 Å². The topological polar surface area (TPSA) is 54.5 Å². The first-order valence-corrected chi connectivity index (χ1v) is 7.52. The highest BCUT2D eigenvalue weighted by Crippen LogP contribution is 2.34. The number of aromatic nitrogens is 4. The summed E-state index contributed by atoms with van der Waals surface area (Å²) in [6.07, 6.45) is -4.57. The van der Waals surface area contributed by atoms with Crippen molar-refractivity contribution in [1.29, 1.82) is 0 Å². The fraction of sp³-hybridized carbons (Fsp3) is 0.235. The van der Waals surface area contributed by atoms with Crippen LogP contribution in [0.5, 0.6) is 0 Å². The lowest BCUT2D eigenvalue weighted by atomic mass is 9.85. The van der Waals surface area contributed by atoms with Gasteiger partial charge in [-0.15, -0.1) is 0 Å². The monoisotopic (exact) mass is 368 g/mol. The van der Waals surface area contributed by atoms with Crippen molar-refractivity contribution in [3.8, 4) is 11.3 Å². The summed E-state index contributed by atoms with van der Waals surface area (Å²) in [7, 11) is 0. The average Bonchev–Trinajstić information content (AvgIpc) is 3.06. The number of aromatic amines is 1. The Bertz CT molecular complexity index is 946. The number of hydrogen-bond acceptors (Lipinski definition) is 3. The first-order valence-electron chi connectivity index (χ1n) is 7.52. The predicted octanol–water partition coefficient (Wildman–Crippen LogP) is 4.49. The summed E-state index contributed by atoms with van der Waals surface area (Å²) in [5.41, 5.74) is -1.23. The van der Waals surface area contributed by atoms with Gasteiger partial charge < -0.3 is 0 Å². The van der Waals surface area contributed by atoms with Gasteiger partial charge in [0, 0.05) is 11.1 Å². The van der Waals surface area contributed by atoms with E-state index in [1.54, 1.807) is 26.0 Å². The van der Waals surface area contributed by atoms with Crippen molar-refractivity contribution in [2.24, 2.45) is 0 Å². The lowest BCUT2D eigenvalue weighted by Gasteiger charge is -2.23. The molecule has 4 nitrogen and oxygen atoms in total. The summed E-state index contributed by atoms with van der Waals surface area (Å²) in [5, 5.41) is 5.68. The Morgan fingerprint density at radius 2 is 1.65 bits per heavy atom. The first-order chi connectivity index (χ1) is 12.1. The summed E-state index contributed by atoms with van der Waals surface area (Å²) < 4.78 is 65.2. The van der Waals surface area contributed by atoms with E-state index in [4.69, 9.17) is 0 Å². The summed E-state index contributed by atoms with van der Waals surface area (Å²) in [6, 6.07) is 7.81. The quantitative estimate of drug-likeness (QED) is 0.547. The summed E-state index contributed by atoms with van der Waals surface area (Å²) >= 11 is 0. The van der Waals surface area contributed by atoms with E-state index in [0.29, 0.717) is 5.69 Å². The largest absolute Gasteiger partial charge is 0.435 e. The summed E-state index contributed by atoms with van der Waals surface area (Å²) in [5.74, 6) is -1.98. The number of nitrogens with zero attached hydrogens (tertiary/aromatic N) is 3. The Morgan fingerprint density at radius 1 is 0.923 bits per heavy atom. The molecule has 0 bridgehead atoms. The van der Waals surface area contributed by atoms with Crippen LogP contribution in [-0.2, 0) is 11.6 Å². The van der Waals surface area contributed by atoms with Gasteiger partial charge in [-0.05, 0) is 44.2 Å². The molecular formula is C17H13F5N4. The molecular weight excluding hydrogens is 355 g/mol. The van der Waals surface area contributed by atoms with Crippen molar-refractivity contribution in [3.05, 3.63) is 65.4 Å². The lowest BCUT2D eigenvalue weighted by molar-refractivity contribution is -0.141. The van der Waals surface area contributed by atoms with Crippen LogP contribution in [0.1, 0.15) is 30.9 Å². The van der Waals surface area contributed by atoms with Gasteiger partial charge in [-0.3, -0.25) is 10.1 Å². The van der Waals surface area contributed by atoms with E-state index < -0.39 is 29.2 Å². The highest BCUT2D eigenvalue weighted by Gasteiger charge is 2.36. The van der Waals surface area contributed by atoms with Gasteiger partial charge in [-0.25, -0.2) is 0 Å². The standard InChI is InChI=1S/C17H13F5N4/c1-16(2,12-8-13(26-25-12)17(20,21)22)11-5-3-4-10(23-11)9-6-7-14(18)24-15(9)19/h3-8H,1-2H3,(H,25,26). The molecule has 0 fully saturated rings. The molecule has 0 aromatic carbocycles. The fourth-order valence-corrected chi connectivity index (χ4v) is 2.46. The van der Waals surface area contributed by atoms with Crippen LogP contribution in [0.2, 0.25) is 0 Å². The Balaban J connectivity index is 2.02. The number of H-pyrrole nitrogens is 1. The molecule has 0 aliphatic carbocycles. The van der Waals surface area contributed by atoms with Crippen molar-refractivity contribution in [1.82, 2.24) is 20.2 Å². The van der Waals surface area contributed by atoms with Gasteiger partial charge >= 0.3 is 6.18 Å². The maximum Gasteiger partial charge on any atom is 0.435 e. The molecule has 0 spiro atoms. The molecule has 0 radical (unpaired) electrons. The maximum absolute atomic E-state index is 13.9. The lowest BCUT2D eigenvalue weighted by Crippen LogP contribution is -2.21. The van der Waals surface area contributed by atoms with Gasteiger partial charge in [0.1, 0.15) is 0 Å². The van der Waals surface area contributed by atoms with E-state index in [1.165, 1.54) is 12.1 Å². The zero-order valence-electron chi connectivity index (χ0n) is 13.7. The molecule has 136 valence electrons. The number of pyridine rings is 2. The number of hydrogen-bond donors (Lipinski definition) is 1. The zero-order chi connectivity index (χ0) is 19.1. The third kappa shape index (κ3) is 3.29. The van der Waals surface area contributed by atoms with E-state index in [-0.39, 0.29) is 17.0 Å². The Hall–Kier alpha value is -2.84. The Morgan fingerprint density at radius 3 is 2.27 bits per heavy atom. The molecule has 3 heterocycles. The number of alkyl halides is 3. The van der Waals surface area contributed by atoms with Crippen LogP contribution < -0.4 is 0 Å². The van der Waals surface area contributed by atoms with Gasteiger partial charge in [0.2, 0.25) is 11.9 Å². The van der Waals surface area contributed by atoms with Crippen LogP contribution in [0.25, 0.3) is 11.3 Å². The Kier molecular flexibility index (Phi) is 4.25. The first kappa shape index (κ1) is 18.0. The molecule has 0 atom stereocenters. The van der Waals surface area contributed by atoms with Crippen molar-refractivity contribution in [3.63, 3.8) is 0 Å². The zero-order valence-corrected chi connectivity index (χ0v) is 13.7. The molecule has 0 saturated heterocycles. The molecule has 9 heteroatoms. The molecule has 0 saturated carbocycles. The van der Waals surface area contributed by atoms with Gasteiger partial charge in [0.15, 0.2) is 5.69 Å². The number of halogens is 5. The van der Waals surface area contributed by atoms with Crippen LogP contribution >= 0.6 is 0 Å². The molecule has 26 heavy (non-hydrogen) atoms. The molecule has 3 aromatic heterocycles. The number of rotatable bonds is 3. The minimum absolute atomic E-state index is 0.00959. The van der Waals surface area contributed by atoms with Crippen LogP contribution in [0.3, 0.4) is 0 Å². The molecule has 3 rings (SSSR count). The second-order valence-electron chi connectivity index (χ2n) is 6.17. The molecule has 1 N–H and O–H groups in total. The van der Waals surface area contributed by atoms with E-state index >= 15 is 0 Å². The molecule has 0 aliphatic rings. The molecule has 0 unspecified atom stereocenters. The van der Waals surface area contributed by atoms with Gasteiger partial charge in [-0.2, -0.15) is 32.0 Å². The van der Waals surface area contributed by atoms with Crippen LogP contribution in [0, 0.1) is 11.9 Å². The van der Waals surface area contributed by atoms with E-state index in [0.717, 1.165) is 12.1 Å². The van der Waals surface area contributed by atoms with Gasteiger partial charge in [0.05, 0.1) is 17.0 Å². The van der Waals surface area contributed by atoms with Crippen LogP contribution in [0.4, 0.5) is 22.0 Å². The van der Waals surface area contributed by atoms with Crippen molar-refractivity contribution in [2.75, 3.05) is 0 Å². The van der Waals surface area contributed by atoms with Crippen LogP contribution in [0.15, 0.2) is 36.4 Å². The van der Waals surface area contributed by atoms with Crippen molar-refractivity contribution in [2.45, 2.75) is 25.4 Å². The smallest absolute Gasteiger partial charge is 0.281 e. The van der Waals surface area contributed by atoms with Gasteiger partial charge in [-0.1, -0.05) is 6.07 Å². The average molecular weight is 368 g/mol. The third-order valence-electron chi connectivity index (χ3n) is 4.02. The normalized spacial score (nSPS) is 12.4. The highest BCUT2D eigenvalue weighted by atomic mass is 19.4. The van der Waals surface area contributed by atoms with E-state index in [2.05, 4.69) is 20.2 Å². The second kappa shape index (κ2) is 6.15. The molecule has 0 amide bonds. The van der Waals surface area contributed by atoms with Crippen LogP contribution in [-0.4, -0.2) is 20.2 Å². The minimum Gasteiger partial charge on any atom is -0.281 e. The summed E-state index contributed by atoms with van der Waals surface area (Å²) in [6.45, 7) is 3.32. The minimum atomic E-state index is -4.57. The third-order valence-corrected chi connectivity index (χ3v) is 4.02. The number of nitrogens with one attached hydrogen (secondary N) is 1. The second-order valence-corrected chi connectivity index (χ2v) is 6.17.